The zero-order valence-electron chi connectivity index (χ0n) is 15.9. The first-order valence-electron chi connectivity index (χ1n) is 9.04. The third kappa shape index (κ3) is 6.95. The Balaban J connectivity index is 2.42. The lowest BCUT2D eigenvalue weighted by molar-refractivity contribution is -0.109. The second-order valence-electron chi connectivity index (χ2n) is 7.83. The van der Waals surface area contributed by atoms with Crippen LogP contribution in [-0.2, 0) is 4.74 Å². The molecule has 0 bridgehead atoms. The molecule has 1 aliphatic rings. The van der Waals surface area contributed by atoms with E-state index in [4.69, 9.17) is 4.74 Å². The third-order valence-electron chi connectivity index (χ3n) is 4.80. The van der Waals surface area contributed by atoms with Crippen LogP contribution in [0, 0.1) is 5.41 Å². The lowest BCUT2D eigenvalue weighted by Crippen LogP contribution is -2.51. The number of hydrogen-bond donors (Lipinski definition) is 1. The molecular weight excluding hydrogens is 274 g/mol. The summed E-state index contributed by atoms with van der Waals surface area (Å²) in [5.41, 5.74) is 0.359. The zero-order chi connectivity index (χ0) is 16.6. The van der Waals surface area contributed by atoms with Crippen molar-refractivity contribution < 1.29 is 4.74 Å². The van der Waals surface area contributed by atoms with E-state index in [2.05, 4.69) is 56.9 Å². The van der Waals surface area contributed by atoms with E-state index in [1.54, 1.807) is 0 Å². The molecule has 0 spiro atoms. The average Bonchev–Trinajstić information content (AvgIpc) is 2.41. The van der Waals surface area contributed by atoms with E-state index in [-0.39, 0.29) is 5.60 Å². The fourth-order valence-electron chi connectivity index (χ4n) is 3.92. The maximum atomic E-state index is 5.94. The third-order valence-corrected chi connectivity index (χ3v) is 4.80. The van der Waals surface area contributed by atoms with Crippen molar-refractivity contribution in [3.8, 4) is 0 Å². The van der Waals surface area contributed by atoms with Crippen molar-refractivity contribution in [2.24, 2.45) is 5.41 Å². The first kappa shape index (κ1) is 19.9. The van der Waals surface area contributed by atoms with Crippen LogP contribution in [0.4, 0.5) is 0 Å². The van der Waals surface area contributed by atoms with Gasteiger partial charge in [-0.15, -0.1) is 0 Å². The van der Waals surface area contributed by atoms with Crippen molar-refractivity contribution in [2.45, 2.75) is 52.6 Å². The zero-order valence-corrected chi connectivity index (χ0v) is 15.9. The van der Waals surface area contributed by atoms with Crippen molar-refractivity contribution >= 4 is 0 Å². The molecule has 0 aromatic carbocycles. The molecule has 4 nitrogen and oxygen atoms in total. The highest BCUT2D eigenvalue weighted by Crippen LogP contribution is 2.38. The number of nitrogens with one attached hydrogen (secondary N) is 1. The number of nitrogens with zero attached hydrogens (tertiary/aromatic N) is 2. The van der Waals surface area contributed by atoms with Gasteiger partial charge in [-0.3, -0.25) is 0 Å². The second-order valence-corrected chi connectivity index (χ2v) is 7.83. The molecule has 0 amide bonds. The molecule has 1 aliphatic heterocycles. The van der Waals surface area contributed by atoms with Crippen molar-refractivity contribution in [3.05, 3.63) is 0 Å². The van der Waals surface area contributed by atoms with E-state index in [1.807, 2.05) is 0 Å². The predicted octanol–water partition coefficient (Wildman–Crippen LogP) is 2.44. The lowest BCUT2D eigenvalue weighted by Gasteiger charge is -2.46. The van der Waals surface area contributed by atoms with E-state index in [1.165, 1.54) is 13.0 Å². The standard InChI is InChI=1S/C18H39N3O/c1-7-21(8-2)12-9-11-19-15-18(16-20(5)6)10-13-22-17(3,4)14-18/h19H,7-16H2,1-6H3. The molecule has 0 aliphatic carbocycles. The molecule has 1 saturated heterocycles. The monoisotopic (exact) mass is 313 g/mol. The molecule has 1 N–H and O–H groups in total. The lowest BCUT2D eigenvalue weighted by atomic mass is 9.73. The summed E-state index contributed by atoms with van der Waals surface area (Å²) in [7, 11) is 4.37. The van der Waals surface area contributed by atoms with Crippen LogP contribution in [0.1, 0.15) is 47.0 Å². The van der Waals surface area contributed by atoms with Crippen molar-refractivity contribution in [3.63, 3.8) is 0 Å². The fraction of sp³-hybridized carbons (Fsp3) is 1.00. The number of ether oxygens (including phenoxy) is 1. The first-order valence-corrected chi connectivity index (χ1v) is 9.04. The molecular formula is C18H39N3O. The minimum atomic E-state index is 0.0111. The van der Waals surface area contributed by atoms with Gasteiger partial charge in [-0.05, 0) is 73.4 Å². The normalized spacial score (nSPS) is 25.1. The Kier molecular flexibility index (Phi) is 8.33. The molecule has 22 heavy (non-hydrogen) atoms. The number of rotatable bonds is 10. The molecule has 0 saturated carbocycles. The number of hydrogen-bond acceptors (Lipinski definition) is 4. The van der Waals surface area contributed by atoms with Crippen LogP contribution in [0.25, 0.3) is 0 Å². The van der Waals surface area contributed by atoms with Gasteiger partial charge in [0.25, 0.3) is 0 Å². The molecule has 0 aromatic heterocycles. The van der Waals surface area contributed by atoms with Gasteiger partial charge in [-0.2, -0.15) is 0 Å². The summed E-state index contributed by atoms with van der Waals surface area (Å²) in [6.07, 6.45) is 3.54. The topological polar surface area (TPSA) is 27.7 Å². The van der Waals surface area contributed by atoms with E-state index >= 15 is 0 Å². The van der Waals surface area contributed by atoms with Gasteiger partial charge in [0.15, 0.2) is 0 Å². The van der Waals surface area contributed by atoms with Gasteiger partial charge in [0, 0.05) is 25.1 Å². The van der Waals surface area contributed by atoms with Gasteiger partial charge in [-0.25, -0.2) is 0 Å². The first-order chi connectivity index (χ1) is 10.3. The summed E-state index contributed by atoms with van der Waals surface area (Å²) < 4.78 is 5.94. The van der Waals surface area contributed by atoms with Crippen LogP contribution >= 0.6 is 0 Å². The molecule has 4 heteroatoms. The van der Waals surface area contributed by atoms with Crippen LogP contribution in [0.2, 0.25) is 0 Å². The van der Waals surface area contributed by atoms with Crippen LogP contribution < -0.4 is 5.32 Å². The Labute approximate surface area is 138 Å². The fourth-order valence-corrected chi connectivity index (χ4v) is 3.92. The highest BCUT2D eigenvalue weighted by atomic mass is 16.5. The highest BCUT2D eigenvalue weighted by Gasteiger charge is 2.40. The van der Waals surface area contributed by atoms with Gasteiger partial charge < -0.3 is 19.9 Å². The average molecular weight is 314 g/mol. The summed E-state index contributed by atoms with van der Waals surface area (Å²) in [6, 6.07) is 0. The van der Waals surface area contributed by atoms with Crippen molar-refractivity contribution in [2.75, 3.05) is 60.0 Å². The van der Waals surface area contributed by atoms with Gasteiger partial charge >= 0.3 is 0 Å². The van der Waals surface area contributed by atoms with E-state index in [0.717, 1.165) is 52.2 Å². The van der Waals surface area contributed by atoms with Crippen LogP contribution in [0.5, 0.6) is 0 Å². The summed E-state index contributed by atoms with van der Waals surface area (Å²) in [4.78, 5) is 4.83. The summed E-state index contributed by atoms with van der Waals surface area (Å²) >= 11 is 0. The largest absolute Gasteiger partial charge is 0.376 e. The maximum Gasteiger partial charge on any atom is 0.0632 e. The molecule has 0 radical (unpaired) electrons. The van der Waals surface area contributed by atoms with Gasteiger partial charge in [0.05, 0.1) is 5.60 Å². The summed E-state index contributed by atoms with van der Waals surface area (Å²) in [6.45, 7) is 16.7. The summed E-state index contributed by atoms with van der Waals surface area (Å²) in [5.74, 6) is 0. The SMILES string of the molecule is CCN(CC)CCCNCC1(CN(C)C)CCOC(C)(C)C1. The Morgan fingerprint density at radius 2 is 1.82 bits per heavy atom. The second kappa shape index (κ2) is 9.21. The minimum Gasteiger partial charge on any atom is -0.376 e. The highest BCUT2D eigenvalue weighted by molar-refractivity contribution is 4.93. The Morgan fingerprint density at radius 3 is 2.36 bits per heavy atom. The van der Waals surface area contributed by atoms with Gasteiger partial charge in [0.1, 0.15) is 0 Å². The van der Waals surface area contributed by atoms with Gasteiger partial charge in [-0.1, -0.05) is 13.8 Å². The van der Waals surface area contributed by atoms with Crippen LogP contribution in [0.3, 0.4) is 0 Å². The summed E-state index contributed by atoms with van der Waals surface area (Å²) in [5, 5.41) is 3.73. The quantitative estimate of drug-likeness (QED) is 0.627. The van der Waals surface area contributed by atoms with E-state index in [0.29, 0.717) is 5.41 Å². The van der Waals surface area contributed by atoms with Crippen molar-refractivity contribution in [1.29, 1.82) is 0 Å². The van der Waals surface area contributed by atoms with E-state index in [9.17, 15) is 0 Å². The van der Waals surface area contributed by atoms with Crippen LogP contribution in [-0.4, -0.2) is 75.4 Å². The van der Waals surface area contributed by atoms with Crippen LogP contribution in [0.15, 0.2) is 0 Å². The minimum absolute atomic E-state index is 0.0111. The van der Waals surface area contributed by atoms with E-state index < -0.39 is 0 Å². The Hall–Kier alpha value is -0.160. The smallest absolute Gasteiger partial charge is 0.0632 e. The molecule has 1 fully saturated rings. The molecule has 132 valence electrons. The molecule has 1 heterocycles. The maximum absolute atomic E-state index is 5.94. The molecule has 0 aromatic rings. The van der Waals surface area contributed by atoms with Crippen molar-refractivity contribution in [1.82, 2.24) is 15.1 Å². The Morgan fingerprint density at radius 1 is 1.14 bits per heavy atom. The molecule has 1 unspecified atom stereocenters. The Bertz CT molecular complexity index is 303. The predicted molar refractivity (Wildman–Crippen MR) is 95.5 cm³/mol. The van der Waals surface area contributed by atoms with Gasteiger partial charge in [0.2, 0.25) is 0 Å². The molecule has 1 atom stereocenters. The molecule has 1 rings (SSSR count).